The molecular formula is C15H14Cl2N2O4S. The van der Waals surface area contributed by atoms with Crippen LogP contribution in [-0.4, -0.2) is 25.5 Å². The van der Waals surface area contributed by atoms with Gasteiger partial charge < -0.3 is 10.8 Å². The number of anilines is 1. The maximum Gasteiger partial charge on any atom is 0.320 e. The van der Waals surface area contributed by atoms with Crippen LogP contribution < -0.4 is 10.5 Å². The molecule has 0 heterocycles. The van der Waals surface area contributed by atoms with Gasteiger partial charge in [0, 0.05) is 15.7 Å². The molecule has 0 fully saturated rings. The summed E-state index contributed by atoms with van der Waals surface area (Å²) in [7, 11) is -3.85. The fraction of sp³-hybridized carbons (Fsp3) is 0.133. The summed E-state index contributed by atoms with van der Waals surface area (Å²) in [4.78, 5) is 10.7. The van der Waals surface area contributed by atoms with E-state index in [0.717, 1.165) is 0 Å². The van der Waals surface area contributed by atoms with Gasteiger partial charge in [-0.05, 0) is 42.3 Å². The third kappa shape index (κ3) is 4.85. The highest BCUT2D eigenvalue weighted by Gasteiger charge is 2.16. The number of hydrogen-bond donors (Lipinski definition) is 3. The molecule has 1 atom stereocenters. The van der Waals surface area contributed by atoms with Gasteiger partial charge in [0.05, 0.1) is 4.90 Å². The van der Waals surface area contributed by atoms with E-state index >= 15 is 0 Å². The number of rotatable bonds is 6. The summed E-state index contributed by atoms with van der Waals surface area (Å²) in [5.41, 5.74) is 6.45. The van der Waals surface area contributed by atoms with E-state index in [9.17, 15) is 13.2 Å². The van der Waals surface area contributed by atoms with Crippen LogP contribution in [-0.2, 0) is 21.2 Å². The van der Waals surface area contributed by atoms with Gasteiger partial charge in [-0.1, -0.05) is 35.3 Å². The van der Waals surface area contributed by atoms with Gasteiger partial charge in [0.25, 0.3) is 10.0 Å². The minimum atomic E-state index is -3.85. The molecule has 4 N–H and O–H groups in total. The van der Waals surface area contributed by atoms with Crippen molar-refractivity contribution in [1.29, 1.82) is 0 Å². The summed E-state index contributed by atoms with van der Waals surface area (Å²) in [6.45, 7) is 0. The van der Waals surface area contributed by atoms with Crippen molar-refractivity contribution in [2.24, 2.45) is 5.73 Å². The lowest BCUT2D eigenvalue weighted by atomic mass is 10.1. The Labute approximate surface area is 149 Å². The molecule has 0 unspecified atom stereocenters. The largest absolute Gasteiger partial charge is 0.480 e. The highest BCUT2D eigenvalue weighted by molar-refractivity contribution is 7.92. The third-order valence-electron chi connectivity index (χ3n) is 3.13. The summed E-state index contributed by atoms with van der Waals surface area (Å²) >= 11 is 11.6. The zero-order valence-electron chi connectivity index (χ0n) is 12.2. The predicted molar refractivity (Wildman–Crippen MR) is 93.0 cm³/mol. The molecule has 24 heavy (non-hydrogen) atoms. The van der Waals surface area contributed by atoms with Crippen molar-refractivity contribution in [3.63, 3.8) is 0 Å². The minimum absolute atomic E-state index is 0.0584. The zero-order valence-corrected chi connectivity index (χ0v) is 14.6. The van der Waals surface area contributed by atoms with E-state index in [1.54, 1.807) is 12.1 Å². The van der Waals surface area contributed by atoms with Crippen LogP contribution in [0, 0.1) is 0 Å². The molecule has 0 aromatic heterocycles. The molecule has 0 spiro atoms. The van der Waals surface area contributed by atoms with Gasteiger partial charge in [0.15, 0.2) is 0 Å². The number of benzene rings is 2. The van der Waals surface area contributed by atoms with Crippen LogP contribution in [0.5, 0.6) is 0 Å². The normalized spacial score (nSPS) is 12.6. The van der Waals surface area contributed by atoms with E-state index in [1.165, 1.54) is 30.3 Å². The number of sulfonamides is 1. The molecule has 0 bridgehead atoms. The lowest BCUT2D eigenvalue weighted by Gasteiger charge is -2.10. The van der Waals surface area contributed by atoms with Crippen molar-refractivity contribution < 1.29 is 18.3 Å². The molecule has 0 saturated heterocycles. The molecular weight excluding hydrogens is 375 g/mol. The SMILES string of the molecule is N[C@@H](Cc1ccc(NS(=O)(=O)c2cc(Cl)cc(Cl)c2)cc1)C(=O)O. The Morgan fingerprint density at radius 3 is 2.17 bits per heavy atom. The van der Waals surface area contributed by atoms with Crippen LogP contribution >= 0.6 is 23.2 Å². The van der Waals surface area contributed by atoms with Gasteiger partial charge in [-0.3, -0.25) is 9.52 Å². The predicted octanol–water partition coefficient (Wildman–Crippen LogP) is 2.75. The standard InChI is InChI=1S/C15H14Cl2N2O4S/c16-10-6-11(17)8-13(7-10)24(22,23)19-12-3-1-9(2-4-12)5-14(18)15(20)21/h1-4,6-8,14,19H,5,18H2,(H,20,21)/t14-/m0/s1. The topological polar surface area (TPSA) is 109 Å². The number of hydrogen-bond acceptors (Lipinski definition) is 4. The van der Waals surface area contributed by atoms with Crippen molar-refractivity contribution in [2.75, 3.05) is 4.72 Å². The average molecular weight is 389 g/mol. The monoisotopic (exact) mass is 388 g/mol. The van der Waals surface area contributed by atoms with Crippen LogP contribution in [0.1, 0.15) is 5.56 Å². The lowest BCUT2D eigenvalue weighted by Crippen LogP contribution is -2.32. The van der Waals surface area contributed by atoms with Crippen LogP contribution in [0.2, 0.25) is 10.0 Å². The maximum atomic E-state index is 12.3. The molecule has 0 saturated carbocycles. The molecule has 0 aliphatic heterocycles. The van der Waals surface area contributed by atoms with Gasteiger partial charge in [-0.15, -0.1) is 0 Å². The Kier molecular flexibility index (Phi) is 5.71. The van der Waals surface area contributed by atoms with E-state index < -0.39 is 22.0 Å². The molecule has 0 amide bonds. The molecule has 128 valence electrons. The van der Waals surface area contributed by atoms with Gasteiger partial charge in [-0.2, -0.15) is 0 Å². The molecule has 0 radical (unpaired) electrons. The Morgan fingerprint density at radius 2 is 1.67 bits per heavy atom. The Bertz CT molecular complexity index is 834. The number of nitrogens with two attached hydrogens (primary N) is 1. The number of carboxylic acids is 1. The van der Waals surface area contributed by atoms with Gasteiger partial charge >= 0.3 is 5.97 Å². The van der Waals surface area contributed by atoms with E-state index in [0.29, 0.717) is 11.3 Å². The molecule has 0 aliphatic carbocycles. The zero-order chi connectivity index (χ0) is 17.9. The number of nitrogens with one attached hydrogen (secondary N) is 1. The number of aliphatic carboxylic acids is 1. The van der Waals surface area contributed by atoms with E-state index in [1.807, 2.05) is 0 Å². The number of halogens is 2. The van der Waals surface area contributed by atoms with Gasteiger partial charge in [-0.25, -0.2) is 8.42 Å². The number of carbonyl (C=O) groups is 1. The van der Waals surface area contributed by atoms with E-state index in [4.69, 9.17) is 34.0 Å². The summed E-state index contributed by atoms with van der Waals surface area (Å²) in [5.74, 6) is -1.10. The van der Waals surface area contributed by atoms with Crippen LogP contribution in [0.4, 0.5) is 5.69 Å². The van der Waals surface area contributed by atoms with Crippen molar-refractivity contribution in [3.05, 3.63) is 58.1 Å². The Hall–Kier alpha value is -1.80. The average Bonchev–Trinajstić information content (AvgIpc) is 2.48. The van der Waals surface area contributed by atoms with E-state index in [2.05, 4.69) is 4.72 Å². The highest BCUT2D eigenvalue weighted by atomic mass is 35.5. The minimum Gasteiger partial charge on any atom is -0.480 e. The van der Waals surface area contributed by atoms with Crippen molar-refractivity contribution in [3.8, 4) is 0 Å². The van der Waals surface area contributed by atoms with Crippen LogP contribution in [0.15, 0.2) is 47.4 Å². The molecule has 2 aromatic carbocycles. The molecule has 2 aromatic rings. The fourth-order valence-electron chi connectivity index (χ4n) is 1.95. The quantitative estimate of drug-likeness (QED) is 0.704. The molecule has 0 aliphatic rings. The molecule has 9 heteroatoms. The summed E-state index contributed by atoms with van der Waals surface area (Å²) < 4.78 is 27.1. The number of carboxylic acid groups (broad SMARTS) is 1. The van der Waals surface area contributed by atoms with Gasteiger partial charge in [0.2, 0.25) is 0 Å². The second-order valence-electron chi connectivity index (χ2n) is 5.06. The second kappa shape index (κ2) is 7.40. The first kappa shape index (κ1) is 18.5. The van der Waals surface area contributed by atoms with Gasteiger partial charge in [0.1, 0.15) is 6.04 Å². The lowest BCUT2D eigenvalue weighted by molar-refractivity contribution is -0.138. The summed E-state index contributed by atoms with van der Waals surface area (Å²) in [6, 6.07) is 9.24. The van der Waals surface area contributed by atoms with E-state index in [-0.39, 0.29) is 21.4 Å². The first-order valence-corrected chi connectivity index (χ1v) is 8.97. The third-order valence-corrected chi connectivity index (χ3v) is 4.92. The Morgan fingerprint density at radius 1 is 1.12 bits per heavy atom. The molecule has 6 nitrogen and oxygen atoms in total. The Balaban J connectivity index is 2.16. The summed E-state index contributed by atoms with van der Waals surface area (Å²) in [6.07, 6.45) is 0.145. The fourth-order valence-corrected chi connectivity index (χ4v) is 3.73. The first-order chi connectivity index (χ1) is 11.2. The van der Waals surface area contributed by atoms with Crippen molar-refractivity contribution >= 4 is 44.9 Å². The van der Waals surface area contributed by atoms with Crippen LogP contribution in [0.3, 0.4) is 0 Å². The maximum absolute atomic E-state index is 12.3. The first-order valence-electron chi connectivity index (χ1n) is 6.73. The smallest absolute Gasteiger partial charge is 0.320 e. The highest BCUT2D eigenvalue weighted by Crippen LogP contribution is 2.24. The molecule has 2 rings (SSSR count). The summed E-state index contributed by atoms with van der Waals surface area (Å²) in [5, 5.41) is 9.20. The van der Waals surface area contributed by atoms with Crippen molar-refractivity contribution in [1.82, 2.24) is 0 Å². The second-order valence-corrected chi connectivity index (χ2v) is 7.61. The van der Waals surface area contributed by atoms with Crippen molar-refractivity contribution in [2.45, 2.75) is 17.4 Å². The van der Waals surface area contributed by atoms with Crippen LogP contribution in [0.25, 0.3) is 0 Å².